The van der Waals surface area contributed by atoms with E-state index >= 15 is 0 Å². The monoisotopic (exact) mass is 772 g/mol. The van der Waals surface area contributed by atoms with E-state index in [4.69, 9.17) is 23.8 Å². The highest BCUT2D eigenvalue weighted by atomic mass is 16.7. The molecule has 53 heavy (non-hydrogen) atoms. The molecule has 0 aliphatic rings. The maximum atomic E-state index is 13.3. The highest BCUT2D eigenvalue weighted by Crippen LogP contribution is 2.19. The molecule has 0 bridgehead atoms. The molecule has 1 aromatic heterocycles. The van der Waals surface area contributed by atoms with Crippen LogP contribution in [0.15, 0.2) is 12.1 Å². The molecular formula is C30H52N4O19. The van der Waals surface area contributed by atoms with Crippen LogP contribution in [0.3, 0.4) is 0 Å². The van der Waals surface area contributed by atoms with Gasteiger partial charge in [0.15, 0.2) is 0 Å². The van der Waals surface area contributed by atoms with E-state index in [9.17, 15) is 70.2 Å². The average Bonchev–Trinajstić information content (AvgIpc) is 3.46. The zero-order chi connectivity index (χ0) is 39.8. The molecule has 23 heteroatoms. The number of rotatable bonds is 30. The average molecular weight is 773 g/mol. The summed E-state index contributed by atoms with van der Waals surface area (Å²) in [5, 5.41) is 99.0. The number of carbonyl (C=O) groups is 4. The number of nitrogens with one attached hydrogen (secondary N) is 2. The van der Waals surface area contributed by atoms with Crippen LogP contribution < -0.4 is 15.5 Å². The number of ether oxygens (including phenoxy) is 4. The highest BCUT2D eigenvalue weighted by Gasteiger charge is 2.26. The number of nitrogens with zero attached hydrogens (tertiary/aromatic N) is 2. The third-order valence-electron chi connectivity index (χ3n) is 7.05. The van der Waals surface area contributed by atoms with Crippen LogP contribution in [0.1, 0.15) is 12.8 Å². The van der Waals surface area contributed by atoms with Crippen LogP contribution in [0, 0.1) is 0 Å². The quantitative estimate of drug-likeness (QED) is 0.0345. The third-order valence-corrected chi connectivity index (χ3v) is 7.05. The van der Waals surface area contributed by atoms with Crippen LogP contribution in [0.2, 0.25) is 0 Å². The van der Waals surface area contributed by atoms with Crippen molar-refractivity contribution in [3.05, 3.63) is 12.1 Å². The van der Waals surface area contributed by atoms with E-state index in [1.54, 1.807) is 0 Å². The molecule has 0 unspecified atom stereocenters. The van der Waals surface area contributed by atoms with Gasteiger partial charge in [-0.3, -0.25) is 14.4 Å². The Balaban J connectivity index is 3.18. The number of aromatic hydroxyl groups is 2. The van der Waals surface area contributed by atoms with Gasteiger partial charge in [0.2, 0.25) is 29.5 Å². The number of hydrogen-bond acceptors (Lipinski definition) is 19. The Kier molecular flexibility index (Phi) is 24.1. The second-order valence-corrected chi connectivity index (χ2v) is 11.4. The van der Waals surface area contributed by atoms with Gasteiger partial charge in [0.1, 0.15) is 37.5 Å². The second kappa shape index (κ2) is 27.0. The van der Waals surface area contributed by atoms with Crippen molar-refractivity contribution in [2.45, 2.75) is 49.3 Å². The number of aliphatic hydroxyl groups excluding tert-OH is 8. The second-order valence-electron chi connectivity index (χ2n) is 11.4. The lowest BCUT2D eigenvalue weighted by molar-refractivity contribution is -0.148. The van der Waals surface area contributed by atoms with Crippen molar-refractivity contribution in [3.8, 4) is 11.8 Å². The zero-order valence-electron chi connectivity index (χ0n) is 29.0. The summed E-state index contributed by atoms with van der Waals surface area (Å²) in [6.07, 6.45) is -5.42. The van der Waals surface area contributed by atoms with Gasteiger partial charge in [0.25, 0.3) is 0 Å². The van der Waals surface area contributed by atoms with Crippen molar-refractivity contribution < 1.29 is 94.0 Å². The molecule has 0 radical (unpaired) electrons. The van der Waals surface area contributed by atoms with Crippen molar-refractivity contribution in [3.63, 3.8) is 0 Å². The molecule has 0 saturated carbocycles. The summed E-state index contributed by atoms with van der Waals surface area (Å²) in [5.41, 5.74) is 0. The van der Waals surface area contributed by atoms with Crippen molar-refractivity contribution in [2.75, 3.05) is 92.4 Å². The Labute approximate surface area is 303 Å². The Hall–Kier alpha value is -3.72. The van der Waals surface area contributed by atoms with Gasteiger partial charge in [-0.05, 0) is 0 Å². The first-order chi connectivity index (χ1) is 25.4. The van der Waals surface area contributed by atoms with Gasteiger partial charge in [-0.15, -0.1) is 4.73 Å². The van der Waals surface area contributed by atoms with Gasteiger partial charge in [-0.1, -0.05) is 0 Å². The lowest BCUT2D eigenvalue weighted by Crippen LogP contribution is -2.52. The molecule has 1 heterocycles. The van der Waals surface area contributed by atoms with Crippen LogP contribution in [-0.4, -0.2) is 213 Å². The smallest absolute Gasteiger partial charge is 0.333 e. The van der Waals surface area contributed by atoms with Crippen molar-refractivity contribution in [2.24, 2.45) is 0 Å². The van der Waals surface area contributed by atoms with Gasteiger partial charge >= 0.3 is 5.97 Å². The van der Waals surface area contributed by atoms with Crippen molar-refractivity contribution in [1.29, 1.82) is 0 Å². The SMILES string of the molecule is O=C(CN(CC(=O)NC(COC(CO)CO)COC(CO)CO)C(=O)CCC(=O)On1c(O)ccc1O)NC(COC(CO)CO)COC(CO)CO. The lowest BCUT2D eigenvalue weighted by Gasteiger charge is -2.27. The molecular weight excluding hydrogens is 720 g/mol. The predicted molar refractivity (Wildman–Crippen MR) is 175 cm³/mol. The van der Waals surface area contributed by atoms with Crippen LogP contribution in [0.25, 0.3) is 0 Å². The fourth-order valence-electron chi connectivity index (χ4n) is 4.06. The fourth-order valence-corrected chi connectivity index (χ4v) is 4.06. The van der Waals surface area contributed by atoms with E-state index < -0.39 is 151 Å². The van der Waals surface area contributed by atoms with Gasteiger partial charge in [0.05, 0.1) is 97.8 Å². The maximum absolute atomic E-state index is 13.3. The predicted octanol–water partition coefficient (Wildman–Crippen LogP) is -7.09. The fraction of sp³-hybridized carbons (Fsp3) is 0.733. The summed E-state index contributed by atoms with van der Waals surface area (Å²) < 4.78 is 21.8. The minimum absolute atomic E-state index is 0.354. The summed E-state index contributed by atoms with van der Waals surface area (Å²) in [6, 6.07) is -0.0191. The van der Waals surface area contributed by atoms with E-state index in [1.165, 1.54) is 0 Å². The first-order valence-electron chi connectivity index (χ1n) is 16.4. The molecule has 306 valence electrons. The molecule has 23 nitrogen and oxygen atoms in total. The maximum Gasteiger partial charge on any atom is 0.333 e. The van der Waals surface area contributed by atoms with E-state index in [-0.39, 0.29) is 26.4 Å². The molecule has 0 saturated heterocycles. The molecule has 1 rings (SSSR count). The summed E-state index contributed by atoms with van der Waals surface area (Å²) in [5.74, 6) is -5.05. The normalized spacial score (nSPS) is 11.7. The summed E-state index contributed by atoms with van der Waals surface area (Å²) in [4.78, 5) is 57.7. The largest absolute Gasteiger partial charge is 0.492 e. The summed E-state index contributed by atoms with van der Waals surface area (Å²) >= 11 is 0. The number of carbonyl (C=O) groups excluding carboxylic acids is 4. The molecule has 0 aliphatic carbocycles. The first-order valence-corrected chi connectivity index (χ1v) is 16.4. The number of hydrogen-bond donors (Lipinski definition) is 12. The Bertz CT molecular complexity index is 1090. The van der Waals surface area contributed by atoms with Gasteiger partial charge in [-0.25, -0.2) is 4.79 Å². The molecule has 0 spiro atoms. The minimum Gasteiger partial charge on any atom is -0.492 e. The lowest BCUT2D eigenvalue weighted by atomic mass is 10.2. The Morgan fingerprint density at radius 2 is 0.887 bits per heavy atom. The minimum atomic E-state index is -1.09. The molecule has 0 aromatic carbocycles. The molecule has 0 fully saturated rings. The molecule has 0 atom stereocenters. The summed E-state index contributed by atoms with van der Waals surface area (Å²) in [6.45, 7) is -7.62. The van der Waals surface area contributed by atoms with Crippen LogP contribution >= 0.6 is 0 Å². The van der Waals surface area contributed by atoms with Crippen molar-refractivity contribution in [1.82, 2.24) is 20.3 Å². The first kappa shape index (κ1) is 47.3. The molecule has 1 aromatic rings. The molecule has 12 N–H and O–H groups in total. The topological polar surface area (TPSA) is 349 Å². The molecule has 3 amide bonds. The summed E-state index contributed by atoms with van der Waals surface area (Å²) in [7, 11) is 0. The van der Waals surface area contributed by atoms with Crippen LogP contribution in [0.5, 0.6) is 11.8 Å². The van der Waals surface area contributed by atoms with Gasteiger partial charge in [-0.2, -0.15) is 0 Å². The number of amides is 3. The van der Waals surface area contributed by atoms with E-state index in [0.717, 1.165) is 17.0 Å². The zero-order valence-corrected chi connectivity index (χ0v) is 29.0. The highest BCUT2D eigenvalue weighted by molar-refractivity contribution is 5.90. The van der Waals surface area contributed by atoms with E-state index in [0.29, 0.717) is 4.73 Å². The van der Waals surface area contributed by atoms with E-state index in [1.807, 2.05) is 0 Å². The van der Waals surface area contributed by atoms with E-state index in [2.05, 4.69) is 10.6 Å². The third kappa shape index (κ3) is 18.7. The van der Waals surface area contributed by atoms with Gasteiger partial charge < -0.3 is 90.4 Å². The van der Waals surface area contributed by atoms with Crippen LogP contribution in [0.4, 0.5) is 0 Å². The Morgan fingerprint density at radius 1 is 0.566 bits per heavy atom. The van der Waals surface area contributed by atoms with Crippen molar-refractivity contribution >= 4 is 23.7 Å². The van der Waals surface area contributed by atoms with Gasteiger partial charge in [0, 0.05) is 18.6 Å². The van der Waals surface area contributed by atoms with Crippen LogP contribution in [-0.2, 0) is 38.1 Å². The Morgan fingerprint density at radius 3 is 1.19 bits per heavy atom. The number of aliphatic hydroxyl groups is 8. The standard InChI is InChI=1S/C30H52N4O19/c35-7-21(8-36)49-15-19(16-50-22(9-37)10-38)31-25(43)5-33(27(45)3-4-30(48)53-34-28(46)1-2-29(34)47)6-26(44)32-20(17-51-23(11-39)12-40)18-52-24(13-41)14-42/h1-2,19-24,35-42,46-47H,3-18H2,(H,31,43)(H,32,44). The molecule has 0 aliphatic heterocycles. The number of aromatic nitrogens is 1.